The van der Waals surface area contributed by atoms with E-state index in [9.17, 15) is 17.9 Å². The molecule has 5 nitrogen and oxygen atoms in total. The first-order valence-electron chi connectivity index (χ1n) is 5.59. The monoisotopic (exact) mass is 297 g/mol. The molecule has 0 aliphatic carbocycles. The lowest BCUT2D eigenvalue weighted by molar-refractivity contribution is 0.411. The zero-order chi connectivity index (χ0) is 14.8. The lowest BCUT2D eigenvalue weighted by Gasteiger charge is -2.13. The molecule has 20 heavy (non-hydrogen) atoms. The van der Waals surface area contributed by atoms with Gasteiger partial charge in [-0.1, -0.05) is 18.2 Å². The van der Waals surface area contributed by atoms with E-state index in [4.69, 9.17) is 4.74 Å². The van der Waals surface area contributed by atoms with Gasteiger partial charge in [-0.3, -0.25) is 4.72 Å². The number of nitrogens with one attached hydrogen (secondary N) is 1. The van der Waals surface area contributed by atoms with Gasteiger partial charge < -0.3 is 9.84 Å². The van der Waals surface area contributed by atoms with Crippen molar-refractivity contribution in [1.82, 2.24) is 0 Å². The number of phenolic OH excluding ortho intramolecular Hbond substituents is 1. The Kier molecular flexibility index (Phi) is 3.80. The minimum absolute atomic E-state index is 0.130. The largest absolute Gasteiger partial charge is 0.506 e. The van der Waals surface area contributed by atoms with Crippen molar-refractivity contribution in [2.24, 2.45) is 0 Å². The van der Waals surface area contributed by atoms with E-state index in [-0.39, 0.29) is 17.2 Å². The van der Waals surface area contributed by atoms with Gasteiger partial charge in [-0.15, -0.1) is 0 Å². The van der Waals surface area contributed by atoms with Crippen molar-refractivity contribution in [3.8, 4) is 11.5 Å². The van der Waals surface area contributed by atoms with Crippen LogP contribution in [0.1, 0.15) is 0 Å². The van der Waals surface area contributed by atoms with Crippen molar-refractivity contribution in [3.05, 3.63) is 48.3 Å². The van der Waals surface area contributed by atoms with Crippen LogP contribution in [0, 0.1) is 5.82 Å². The van der Waals surface area contributed by atoms with Gasteiger partial charge >= 0.3 is 0 Å². The van der Waals surface area contributed by atoms with Crippen molar-refractivity contribution in [3.63, 3.8) is 0 Å². The average Bonchev–Trinajstić information content (AvgIpc) is 2.41. The summed E-state index contributed by atoms with van der Waals surface area (Å²) in [5.74, 6) is -1.07. The standard InChI is InChI=1S/C13H12FNO4S/c1-19-11-7-4-6-10(16)13(11)15-20(17,18)12-8-3-2-5-9(12)14/h2-8,15-16H,1H3. The summed E-state index contributed by atoms with van der Waals surface area (Å²) in [5, 5.41) is 9.70. The number of hydrogen-bond donors (Lipinski definition) is 2. The van der Waals surface area contributed by atoms with E-state index < -0.39 is 20.7 Å². The van der Waals surface area contributed by atoms with Crippen molar-refractivity contribution >= 4 is 15.7 Å². The highest BCUT2D eigenvalue weighted by atomic mass is 32.2. The third-order valence-electron chi connectivity index (χ3n) is 2.59. The Hall–Kier alpha value is -2.28. The van der Waals surface area contributed by atoms with Gasteiger partial charge in [0.1, 0.15) is 27.9 Å². The van der Waals surface area contributed by atoms with Crippen LogP contribution in [-0.2, 0) is 10.0 Å². The van der Waals surface area contributed by atoms with Gasteiger partial charge in [-0.05, 0) is 24.3 Å². The van der Waals surface area contributed by atoms with E-state index in [1.54, 1.807) is 0 Å². The number of hydrogen-bond acceptors (Lipinski definition) is 4. The molecule has 0 atom stereocenters. The Morgan fingerprint density at radius 2 is 1.85 bits per heavy atom. The molecular weight excluding hydrogens is 285 g/mol. The Morgan fingerprint density at radius 3 is 2.50 bits per heavy atom. The highest BCUT2D eigenvalue weighted by Gasteiger charge is 2.21. The fourth-order valence-electron chi connectivity index (χ4n) is 1.64. The Bertz CT molecular complexity index is 731. The van der Waals surface area contributed by atoms with Crippen LogP contribution in [0.3, 0.4) is 0 Å². The number of anilines is 1. The summed E-state index contributed by atoms with van der Waals surface area (Å²) in [6.07, 6.45) is 0. The number of halogens is 1. The number of ether oxygens (including phenoxy) is 1. The number of aromatic hydroxyl groups is 1. The summed E-state index contributed by atoms with van der Waals surface area (Å²) in [4.78, 5) is -0.509. The summed E-state index contributed by atoms with van der Waals surface area (Å²) in [7, 11) is -2.84. The summed E-state index contributed by atoms with van der Waals surface area (Å²) in [6.45, 7) is 0. The second-order valence-electron chi connectivity index (χ2n) is 3.89. The summed E-state index contributed by atoms with van der Waals surface area (Å²) < 4.78 is 44.9. The quantitative estimate of drug-likeness (QED) is 0.849. The van der Waals surface area contributed by atoms with Gasteiger partial charge in [0.25, 0.3) is 10.0 Å². The Balaban J connectivity index is 2.47. The molecule has 0 aromatic heterocycles. The zero-order valence-corrected chi connectivity index (χ0v) is 11.3. The van der Waals surface area contributed by atoms with E-state index in [1.807, 2.05) is 0 Å². The average molecular weight is 297 g/mol. The van der Waals surface area contributed by atoms with Crippen molar-refractivity contribution in [2.75, 3.05) is 11.8 Å². The minimum Gasteiger partial charge on any atom is -0.506 e. The maximum atomic E-state index is 13.6. The lowest BCUT2D eigenvalue weighted by Crippen LogP contribution is -2.15. The van der Waals surface area contributed by atoms with Gasteiger partial charge in [-0.2, -0.15) is 0 Å². The molecule has 0 aliphatic heterocycles. The third-order valence-corrected chi connectivity index (χ3v) is 3.97. The van der Waals surface area contributed by atoms with E-state index in [0.29, 0.717) is 0 Å². The number of sulfonamides is 1. The first-order valence-corrected chi connectivity index (χ1v) is 7.07. The molecule has 7 heteroatoms. The van der Waals surface area contributed by atoms with Crippen LogP contribution in [0.2, 0.25) is 0 Å². The highest BCUT2D eigenvalue weighted by molar-refractivity contribution is 7.92. The molecule has 0 unspecified atom stereocenters. The second kappa shape index (κ2) is 5.38. The van der Waals surface area contributed by atoms with E-state index in [0.717, 1.165) is 12.1 Å². The number of para-hydroxylation sites is 1. The molecule has 0 amide bonds. The fourth-order valence-corrected chi connectivity index (χ4v) is 2.81. The molecule has 0 heterocycles. The lowest BCUT2D eigenvalue weighted by atomic mass is 10.3. The first kappa shape index (κ1) is 14.1. The normalized spacial score (nSPS) is 11.1. The molecule has 0 saturated carbocycles. The molecule has 0 saturated heterocycles. The smallest absolute Gasteiger partial charge is 0.265 e. The van der Waals surface area contributed by atoms with Crippen LogP contribution in [0.15, 0.2) is 47.4 Å². The second-order valence-corrected chi connectivity index (χ2v) is 5.54. The van der Waals surface area contributed by atoms with Crippen LogP contribution in [0.4, 0.5) is 10.1 Å². The minimum atomic E-state index is -4.16. The van der Waals surface area contributed by atoms with Crippen LogP contribution in [0.5, 0.6) is 11.5 Å². The fraction of sp³-hybridized carbons (Fsp3) is 0.0769. The predicted octanol–water partition coefficient (Wildman–Crippen LogP) is 2.34. The Morgan fingerprint density at radius 1 is 1.15 bits per heavy atom. The van der Waals surface area contributed by atoms with E-state index >= 15 is 0 Å². The van der Waals surface area contributed by atoms with E-state index in [2.05, 4.69) is 4.72 Å². The molecule has 0 bridgehead atoms. The molecule has 0 aliphatic rings. The SMILES string of the molecule is COc1cccc(O)c1NS(=O)(=O)c1ccccc1F. The van der Waals surface area contributed by atoms with Crippen LogP contribution < -0.4 is 9.46 Å². The summed E-state index contributed by atoms with van der Waals surface area (Å²) in [6, 6.07) is 9.21. The number of rotatable bonds is 4. The van der Waals surface area contributed by atoms with Crippen LogP contribution >= 0.6 is 0 Å². The van der Waals surface area contributed by atoms with Gasteiger partial charge in [-0.25, -0.2) is 12.8 Å². The molecule has 2 rings (SSSR count). The predicted molar refractivity (Wildman–Crippen MR) is 71.9 cm³/mol. The molecule has 2 N–H and O–H groups in total. The van der Waals surface area contributed by atoms with Gasteiger partial charge in [0.05, 0.1) is 7.11 Å². The van der Waals surface area contributed by atoms with Crippen molar-refractivity contribution in [1.29, 1.82) is 0 Å². The first-order chi connectivity index (χ1) is 9.45. The number of methoxy groups -OCH3 is 1. The summed E-state index contributed by atoms with van der Waals surface area (Å²) >= 11 is 0. The van der Waals surface area contributed by atoms with E-state index in [1.165, 1.54) is 37.4 Å². The molecule has 2 aromatic carbocycles. The number of benzene rings is 2. The Labute approximate surface area is 115 Å². The molecule has 106 valence electrons. The van der Waals surface area contributed by atoms with Gasteiger partial charge in [0.2, 0.25) is 0 Å². The maximum Gasteiger partial charge on any atom is 0.265 e. The van der Waals surface area contributed by atoms with Gasteiger partial charge in [0, 0.05) is 0 Å². The molecule has 0 radical (unpaired) electrons. The molecular formula is C13H12FNO4S. The molecule has 0 fully saturated rings. The highest BCUT2D eigenvalue weighted by Crippen LogP contribution is 2.35. The molecule has 2 aromatic rings. The summed E-state index contributed by atoms with van der Waals surface area (Å²) in [5.41, 5.74) is -0.141. The van der Waals surface area contributed by atoms with Crippen LogP contribution in [0.25, 0.3) is 0 Å². The number of phenols is 1. The van der Waals surface area contributed by atoms with Crippen molar-refractivity contribution in [2.45, 2.75) is 4.90 Å². The zero-order valence-electron chi connectivity index (χ0n) is 10.5. The third kappa shape index (κ3) is 2.67. The maximum absolute atomic E-state index is 13.6. The van der Waals surface area contributed by atoms with Gasteiger partial charge in [0.15, 0.2) is 0 Å². The topological polar surface area (TPSA) is 75.6 Å². The van der Waals surface area contributed by atoms with Crippen molar-refractivity contribution < 1.29 is 22.7 Å². The molecule has 0 spiro atoms. The van der Waals surface area contributed by atoms with Crippen LogP contribution in [-0.4, -0.2) is 20.6 Å².